The molecule has 1 aromatic carbocycles. The molecule has 1 heterocycles. The maximum Gasteiger partial charge on any atom is 0.143 e. The SMILES string of the molecule is CCNCCc1cn(C)c2c(OC)ccc(C)c12. The van der Waals surface area contributed by atoms with Crippen molar-refractivity contribution in [3.63, 3.8) is 0 Å². The second kappa shape index (κ2) is 5.44. The Balaban J connectivity index is 2.48. The summed E-state index contributed by atoms with van der Waals surface area (Å²) in [7, 11) is 3.82. The molecule has 0 radical (unpaired) electrons. The molecule has 0 aliphatic rings. The maximum absolute atomic E-state index is 5.47. The zero-order valence-electron chi connectivity index (χ0n) is 11.7. The van der Waals surface area contributed by atoms with Crippen molar-refractivity contribution >= 4 is 10.9 Å². The summed E-state index contributed by atoms with van der Waals surface area (Å²) in [6.07, 6.45) is 3.27. The Morgan fingerprint density at radius 1 is 1.33 bits per heavy atom. The van der Waals surface area contributed by atoms with E-state index in [1.54, 1.807) is 7.11 Å². The number of fused-ring (bicyclic) bond motifs is 1. The summed E-state index contributed by atoms with van der Waals surface area (Å²) in [6, 6.07) is 4.18. The minimum Gasteiger partial charge on any atom is -0.495 e. The van der Waals surface area contributed by atoms with Gasteiger partial charge in [-0.25, -0.2) is 0 Å². The van der Waals surface area contributed by atoms with Gasteiger partial charge in [-0.1, -0.05) is 13.0 Å². The number of nitrogens with one attached hydrogen (secondary N) is 1. The molecule has 98 valence electrons. The zero-order valence-corrected chi connectivity index (χ0v) is 11.7. The van der Waals surface area contributed by atoms with Gasteiger partial charge in [0.05, 0.1) is 12.6 Å². The summed E-state index contributed by atoms with van der Waals surface area (Å²) < 4.78 is 7.63. The fraction of sp³-hybridized carbons (Fsp3) is 0.467. The van der Waals surface area contributed by atoms with E-state index in [4.69, 9.17) is 4.74 Å². The first-order valence-electron chi connectivity index (χ1n) is 6.51. The molecule has 0 atom stereocenters. The fourth-order valence-corrected chi connectivity index (χ4v) is 2.55. The Labute approximate surface area is 109 Å². The first-order chi connectivity index (χ1) is 8.69. The zero-order chi connectivity index (χ0) is 13.1. The molecule has 1 N–H and O–H groups in total. The standard InChI is InChI=1S/C15H22N2O/c1-5-16-9-8-12-10-17(3)15-13(18-4)7-6-11(2)14(12)15/h6-7,10,16H,5,8-9H2,1-4H3. The third-order valence-electron chi connectivity index (χ3n) is 3.41. The van der Waals surface area contributed by atoms with Crippen LogP contribution in [-0.4, -0.2) is 24.8 Å². The number of hydrogen-bond donors (Lipinski definition) is 1. The molecule has 0 unspecified atom stereocenters. The minimum absolute atomic E-state index is 0.952. The first-order valence-corrected chi connectivity index (χ1v) is 6.51. The van der Waals surface area contributed by atoms with E-state index in [0.717, 1.165) is 25.3 Å². The van der Waals surface area contributed by atoms with Crippen LogP contribution in [0.2, 0.25) is 0 Å². The van der Waals surface area contributed by atoms with Gasteiger partial charge in [-0.3, -0.25) is 0 Å². The molecular formula is C15H22N2O. The molecule has 0 bridgehead atoms. The average Bonchev–Trinajstić information content (AvgIpc) is 2.69. The number of ether oxygens (including phenoxy) is 1. The van der Waals surface area contributed by atoms with Gasteiger partial charge < -0.3 is 14.6 Å². The van der Waals surface area contributed by atoms with Crippen LogP contribution in [0.4, 0.5) is 0 Å². The number of likely N-dealkylation sites (N-methyl/N-ethyl adjacent to an activating group) is 1. The van der Waals surface area contributed by atoms with Gasteiger partial charge >= 0.3 is 0 Å². The van der Waals surface area contributed by atoms with Crippen LogP contribution in [-0.2, 0) is 13.5 Å². The lowest BCUT2D eigenvalue weighted by Crippen LogP contribution is -2.15. The molecule has 0 aliphatic heterocycles. The Bertz CT molecular complexity index is 543. The summed E-state index contributed by atoms with van der Waals surface area (Å²) in [5, 5.41) is 4.72. The Hall–Kier alpha value is -1.48. The van der Waals surface area contributed by atoms with Gasteiger partial charge in [0.25, 0.3) is 0 Å². The van der Waals surface area contributed by atoms with Crippen molar-refractivity contribution in [2.45, 2.75) is 20.3 Å². The minimum atomic E-state index is 0.952. The van der Waals surface area contributed by atoms with E-state index < -0.39 is 0 Å². The Morgan fingerprint density at radius 3 is 2.78 bits per heavy atom. The van der Waals surface area contributed by atoms with E-state index in [-0.39, 0.29) is 0 Å². The first kappa shape index (κ1) is 13.0. The van der Waals surface area contributed by atoms with Gasteiger partial charge in [0.2, 0.25) is 0 Å². The highest BCUT2D eigenvalue weighted by Gasteiger charge is 2.12. The third kappa shape index (κ3) is 2.23. The van der Waals surface area contributed by atoms with E-state index in [9.17, 15) is 0 Å². The van der Waals surface area contributed by atoms with E-state index in [1.165, 1.54) is 22.0 Å². The van der Waals surface area contributed by atoms with Gasteiger partial charge in [0.15, 0.2) is 0 Å². The van der Waals surface area contributed by atoms with Crippen LogP contribution in [0.15, 0.2) is 18.3 Å². The number of aryl methyl sites for hydroxylation is 2. The monoisotopic (exact) mass is 246 g/mol. The summed E-state index contributed by atoms with van der Waals surface area (Å²) in [6.45, 7) is 6.34. The second-order valence-corrected chi connectivity index (χ2v) is 4.68. The van der Waals surface area contributed by atoms with Crippen molar-refractivity contribution in [3.8, 4) is 5.75 Å². The Morgan fingerprint density at radius 2 is 2.11 bits per heavy atom. The molecule has 2 rings (SSSR count). The van der Waals surface area contributed by atoms with Gasteiger partial charge in [0.1, 0.15) is 5.75 Å². The van der Waals surface area contributed by atoms with Crippen LogP contribution in [0.5, 0.6) is 5.75 Å². The number of nitrogens with zero attached hydrogens (tertiary/aromatic N) is 1. The summed E-state index contributed by atoms with van der Waals surface area (Å²) in [4.78, 5) is 0. The summed E-state index contributed by atoms with van der Waals surface area (Å²) in [5.74, 6) is 0.952. The molecule has 0 fully saturated rings. The number of rotatable bonds is 5. The molecule has 18 heavy (non-hydrogen) atoms. The number of hydrogen-bond acceptors (Lipinski definition) is 2. The van der Waals surface area contributed by atoms with Gasteiger partial charge in [-0.05, 0) is 43.6 Å². The predicted octanol–water partition coefficient (Wildman–Crippen LogP) is 2.65. The molecule has 0 amide bonds. The van der Waals surface area contributed by atoms with Crippen LogP contribution in [0.1, 0.15) is 18.1 Å². The van der Waals surface area contributed by atoms with Crippen molar-refractivity contribution in [3.05, 3.63) is 29.5 Å². The van der Waals surface area contributed by atoms with E-state index >= 15 is 0 Å². The van der Waals surface area contributed by atoms with Crippen molar-refractivity contribution in [1.82, 2.24) is 9.88 Å². The number of methoxy groups -OCH3 is 1. The predicted molar refractivity (Wildman–Crippen MR) is 76.5 cm³/mol. The smallest absolute Gasteiger partial charge is 0.143 e. The number of benzene rings is 1. The molecule has 3 heteroatoms. The fourth-order valence-electron chi connectivity index (χ4n) is 2.55. The topological polar surface area (TPSA) is 26.2 Å². The molecule has 0 aliphatic carbocycles. The number of aromatic nitrogens is 1. The highest BCUT2D eigenvalue weighted by molar-refractivity contribution is 5.92. The molecule has 3 nitrogen and oxygen atoms in total. The largest absolute Gasteiger partial charge is 0.495 e. The van der Waals surface area contributed by atoms with E-state index in [1.807, 2.05) is 6.07 Å². The Kier molecular flexibility index (Phi) is 3.92. The molecule has 1 aromatic heterocycles. The molecule has 0 spiro atoms. The molecule has 2 aromatic rings. The normalized spacial score (nSPS) is 11.1. The average molecular weight is 246 g/mol. The third-order valence-corrected chi connectivity index (χ3v) is 3.41. The summed E-state index contributed by atoms with van der Waals surface area (Å²) in [5.41, 5.74) is 3.91. The summed E-state index contributed by atoms with van der Waals surface area (Å²) >= 11 is 0. The van der Waals surface area contributed by atoms with Crippen molar-refractivity contribution < 1.29 is 4.74 Å². The molecule has 0 saturated carbocycles. The second-order valence-electron chi connectivity index (χ2n) is 4.68. The maximum atomic E-state index is 5.47. The van der Waals surface area contributed by atoms with Crippen molar-refractivity contribution in [2.24, 2.45) is 7.05 Å². The van der Waals surface area contributed by atoms with Crippen LogP contribution < -0.4 is 10.1 Å². The van der Waals surface area contributed by atoms with Crippen LogP contribution in [0.25, 0.3) is 10.9 Å². The van der Waals surface area contributed by atoms with E-state index in [2.05, 4.69) is 43.0 Å². The highest BCUT2D eigenvalue weighted by atomic mass is 16.5. The van der Waals surface area contributed by atoms with Gasteiger partial charge in [0, 0.05) is 18.6 Å². The van der Waals surface area contributed by atoms with Gasteiger partial charge in [-0.15, -0.1) is 0 Å². The van der Waals surface area contributed by atoms with Gasteiger partial charge in [-0.2, -0.15) is 0 Å². The molecule has 0 saturated heterocycles. The lowest BCUT2D eigenvalue weighted by Gasteiger charge is -2.07. The van der Waals surface area contributed by atoms with Crippen LogP contribution in [0.3, 0.4) is 0 Å². The molecular weight excluding hydrogens is 224 g/mol. The van der Waals surface area contributed by atoms with Crippen LogP contribution in [0, 0.1) is 6.92 Å². The lowest BCUT2D eigenvalue weighted by atomic mass is 10.0. The lowest BCUT2D eigenvalue weighted by molar-refractivity contribution is 0.418. The van der Waals surface area contributed by atoms with Crippen molar-refractivity contribution in [2.75, 3.05) is 20.2 Å². The van der Waals surface area contributed by atoms with Crippen molar-refractivity contribution in [1.29, 1.82) is 0 Å². The van der Waals surface area contributed by atoms with E-state index in [0.29, 0.717) is 0 Å². The highest BCUT2D eigenvalue weighted by Crippen LogP contribution is 2.32. The quantitative estimate of drug-likeness (QED) is 0.821. The van der Waals surface area contributed by atoms with Crippen LogP contribution >= 0.6 is 0 Å².